The fourth-order valence-electron chi connectivity index (χ4n) is 3.38. The van der Waals surface area contributed by atoms with Crippen LogP contribution in [0.2, 0.25) is 0 Å². The number of nitro benzene ring substituents is 8. The van der Waals surface area contributed by atoms with Crippen molar-refractivity contribution in [1.29, 1.82) is 0 Å². The van der Waals surface area contributed by atoms with Crippen molar-refractivity contribution in [3.05, 3.63) is 117 Å². The standard InChI is InChI=1S/C18H6N8O18/c27-19(28)7-3-10(22(33)34)16(11(4-7)23(35)36)43-14-2-1-9(21(31)32)18(15(14)26(41)42)44-17-12(24(37)38)5-8(20(29)30)6-13(17)25(39)40/h1-6H. The van der Waals surface area contributed by atoms with E-state index < -0.39 is 108 Å². The van der Waals surface area contributed by atoms with E-state index in [-0.39, 0.29) is 24.3 Å². The highest BCUT2D eigenvalue weighted by Crippen LogP contribution is 2.52. The first-order chi connectivity index (χ1) is 20.5. The van der Waals surface area contributed by atoms with Crippen LogP contribution in [0.5, 0.6) is 23.0 Å². The highest BCUT2D eigenvalue weighted by Gasteiger charge is 2.41. The molecule has 0 atom stereocenters. The van der Waals surface area contributed by atoms with Gasteiger partial charge in [-0.05, 0) is 6.07 Å². The largest absolute Gasteiger partial charge is 0.437 e. The number of benzene rings is 3. The van der Waals surface area contributed by atoms with Crippen LogP contribution in [0.4, 0.5) is 45.5 Å². The lowest BCUT2D eigenvalue weighted by Gasteiger charge is -2.11. The molecular formula is C18H6N8O18. The molecule has 0 bridgehead atoms. The molecule has 0 spiro atoms. The van der Waals surface area contributed by atoms with E-state index in [9.17, 15) is 80.9 Å². The molecule has 0 saturated heterocycles. The zero-order valence-corrected chi connectivity index (χ0v) is 20.4. The number of hydrogen-bond donors (Lipinski definition) is 0. The Labute approximate surface area is 235 Å². The summed E-state index contributed by atoms with van der Waals surface area (Å²) in [5, 5.41) is 92.3. The molecule has 0 N–H and O–H groups in total. The summed E-state index contributed by atoms with van der Waals surface area (Å²) < 4.78 is 9.94. The summed E-state index contributed by atoms with van der Waals surface area (Å²) in [4.78, 5) is 81.1. The Morgan fingerprint density at radius 3 is 1.02 bits per heavy atom. The summed E-state index contributed by atoms with van der Waals surface area (Å²) in [6.45, 7) is 0. The normalized spacial score (nSPS) is 10.4. The van der Waals surface area contributed by atoms with Gasteiger partial charge in [-0.2, -0.15) is 0 Å². The average molecular weight is 622 g/mol. The number of non-ortho nitro benzene ring substituents is 2. The topological polar surface area (TPSA) is 364 Å². The van der Waals surface area contributed by atoms with Crippen molar-refractivity contribution >= 4 is 45.5 Å². The molecule has 44 heavy (non-hydrogen) atoms. The van der Waals surface area contributed by atoms with Gasteiger partial charge in [-0.1, -0.05) is 0 Å². The van der Waals surface area contributed by atoms with Crippen LogP contribution in [0.15, 0.2) is 36.4 Å². The molecule has 3 aromatic carbocycles. The molecule has 0 aliphatic carbocycles. The van der Waals surface area contributed by atoms with E-state index in [0.717, 1.165) is 0 Å². The summed E-state index contributed by atoms with van der Waals surface area (Å²) in [6, 6.07) is 1.33. The van der Waals surface area contributed by atoms with Gasteiger partial charge >= 0.3 is 34.1 Å². The molecule has 226 valence electrons. The van der Waals surface area contributed by atoms with E-state index in [0.29, 0.717) is 12.1 Å². The first kappa shape index (κ1) is 31.0. The molecule has 0 amide bonds. The first-order valence-corrected chi connectivity index (χ1v) is 10.5. The van der Waals surface area contributed by atoms with E-state index in [1.165, 1.54) is 0 Å². The molecule has 26 nitrogen and oxygen atoms in total. The number of rotatable bonds is 12. The van der Waals surface area contributed by atoms with Crippen molar-refractivity contribution in [3.8, 4) is 23.0 Å². The van der Waals surface area contributed by atoms with E-state index in [2.05, 4.69) is 0 Å². The molecular weight excluding hydrogens is 616 g/mol. The SMILES string of the molecule is O=[N+]([O-])c1cc([N+](=O)[O-])c(Oc2ccc([N+](=O)[O-])c(Oc3c([N+](=O)[O-])cc([N+](=O)[O-])cc3[N+](=O)[O-])c2[N+](=O)[O-])c([N+](=O)[O-])c1. The van der Waals surface area contributed by atoms with E-state index >= 15 is 0 Å². The maximum atomic E-state index is 12.1. The lowest BCUT2D eigenvalue weighted by atomic mass is 10.2. The van der Waals surface area contributed by atoms with Crippen LogP contribution < -0.4 is 9.47 Å². The van der Waals surface area contributed by atoms with Gasteiger partial charge in [-0.3, -0.25) is 80.9 Å². The van der Waals surface area contributed by atoms with Crippen LogP contribution in [-0.4, -0.2) is 39.4 Å². The predicted octanol–water partition coefficient (Wildman–Crippen LogP) is 4.54. The van der Waals surface area contributed by atoms with Gasteiger partial charge in [-0.25, -0.2) is 0 Å². The summed E-state index contributed by atoms with van der Waals surface area (Å²) in [5.41, 5.74) is -11.7. The Hall–Kier alpha value is -7.54. The van der Waals surface area contributed by atoms with Gasteiger partial charge in [0.15, 0.2) is 0 Å². The van der Waals surface area contributed by atoms with Gasteiger partial charge in [0.05, 0.1) is 63.7 Å². The predicted molar refractivity (Wildman–Crippen MR) is 133 cm³/mol. The fourth-order valence-corrected chi connectivity index (χ4v) is 3.38. The highest BCUT2D eigenvalue weighted by atomic mass is 16.7. The Kier molecular flexibility index (Phi) is 8.11. The summed E-state index contributed by atoms with van der Waals surface area (Å²) in [6.07, 6.45) is 0. The second-order valence-electron chi connectivity index (χ2n) is 7.65. The summed E-state index contributed by atoms with van der Waals surface area (Å²) in [7, 11) is 0. The molecule has 0 saturated carbocycles. The van der Waals surface area contributed by atoms with Crippen LogP contribution in [0, 0.1) is 80.9 Å². The quantitative estimate of drug-likeness (QED) is 0.197. The van der Waals surface area contributed by atoms with E-state index in [4.69, 9.17) is 9.47 Å². The van der Waals surface area contributed by atoms with Crippen molar-refractivity contribution < 1.29 is 48.9 Å². The van der Waals surface area contributed by atoms with E-state index in [1.807, 2.05) is 0 Å². The number of ether oxygens (including phenoxy) is 2. The number of nitro groups is 8. The van der Waals surface area contributed by atoms with Crippen LogP contribution in [-0.2, 0) is 0 Å². The van der Waals surface area contributed by atoms with Gasteiger partial charge in [0, 0.05) is 6.07 Å². The minimum absolute atomic E-state index is 0.129. The van der Waals surface area contributed by atoms with Gasteiger partial charge in [0.2, 0.25) is 5.75 Å². The molecule has 0 unspecified atom stereocenters. The van der Waals surface area contributed by atoms with Crippen LogP contribution in [0.25, 0.3) is 0 Å². The van der Waals surface area contributed by atoms with Crippen LogP contribution >= 0.6 is 0 Å². The molecule has 3 rings (SSSR count). The molecule has 0 aliphatic heterocycles. The third kappa shape index (κ3) is 5.81. The van der Waals surface area contributed by atoms with Gasteiger partial charge in [0.1, 0.15) is 0 Å². The minimum Gasteiger partial charge on any atom is -0.437 e. The summed E-state index contributed by atoms with van der Waals surface area (Å²) >= 11 is 0. The zero-order chi connectivity index (χ0) is 33.2. The zero-order valence-electron chi connectivity index (χ0n) is 20.4. The highest BCUT2D eigenvalue weighted by molar-refractivity contribution is 5.74. The van der Waals surface area contributed by atoms with E-state index in [1.54, 1.807) is 0 Å². The lowest BCUT2D eigenvalue weighted by molar-refractivity contribution is -0.405. The maximum Gasteiger partial charge on any atom is 0.360 e. The van der Waals surface area contributed by atoms with Crippen LogP contribution in [0.1, 0.15) is 0 Å². The Morgan fingerprint density at radius 1 is 0.386 bits per heavy atom. The Bertz CT molecular complexity index is 1790. The van der Waals surface area contributed by atoms with Gasteiger partial charge < -0.3 is 9.47 Å². The first-order valence-electron chi connectivity index (χ1n) is 10.5. The fraction of sp³-hybridized carbons (Fsp3) is 0. The number of hydrogen-bond acceptors (Lipinski definition) is 18. The Morgan fingerprint density at radius 2 is 0.727 bits per heavy atom. The molecule has 0 heterocycles. The molecule has 0 aromatic heterocycles. The average Bonchev–Trinajstić information content (AvgIpc) is 2.91. The Balaban J connectivity index is 2.43. The lowest BCUT2D eigenvalue weighted by Crippen LogP contribution is -2.06. The van der Waals surface area contributed by atoms with Gasteiger partial charge in [0.25, 0.3) is 28.6 Å². The molecule has 0 fully saturated rings. The molecule has 0 aliphatic rings. The minimum atomic E-state index is -1.73. The third-order valence-corrected chi connectivity index (χ3v) is 5.15. The molecule has 26 heteroatoms. The van der Waals surface area contributed by atoms with Gasteiger partial charge in [-0.15, -0.1) is 0 Å². The van der Waals surface area contributed by atoms with Crippen molar-refractivity contribution in [2.24, 2.45) is 0 Å². The second-order valence-corrected chi connectivity index (χ2v) is 7.65. The molecule has 0 radical (unpaired) electrons. The maximum absolute atomic E-state index is 12.1. The second kappa shape index (κ2) is 11.5. The smallest absolute Gasteiger partial charge is 0.360 e. The van der Waals surface area contributed by atoms with Crippen molar-refractivity contribution in [1.82, 2.24) is 0 Å². The summed E-state index contributed by atoms with van der Waals surface area (Å²) in [5.74, 6) is -6.03. The number of nitrogens with zero attached hydrogens (tertiary/aromatic N) is 8. The van der Waals surface area contributed by atoms with Crippen molar-refractivity contribution in [3.63, 3.8) is 0 Å². The monoisotopic (exact) mass is 622 g/mol. The van der Waals surface area contributed by atoms with Crippen LogP contribution in [0.3, 0.4) is 0 Å². The molecule has 3 aromatic rings. The van der Waals surface area contributed by atoms with Crippen molar-refractivity contribution in [2.45, 2.75) is 0 Å². The third-order valence-electron chi connectivity index (χ3n) is 5.15. The van der Waals surface area contributed by atoms with Crippen molar-refractivity contribution in [2.75, 3.05) is 0 Å².